The SMILES string of the molecule is COc1ccc(C)cc1[C@@H](N[S@@](=O)C(C)(C)C)c1cc2ccccc2n1S(=O)(=O)c1ccccc1. The lowest BCUT2D eigenvalue weighted by Crippen LogP contribution is -2.37. The van der Waals surface area contributed by atoms with Gasteiger partial charge < -0.3 is 4.74 Å². The van der Waals surface area contributed by atoms with E-state index in [4.69, 9.17) is 4.74 Å². The van der Waals surface area contributed by atoms with E-state index in [2.05, 4.69) is 4.72 Å². The number of methoxy groups -OCH3 is 1. The number of rotatable bonds is 7. The van der Waals surface area contributed by atoms with Gasteiger partial charge in [0, 0.05) is 10.9 Å². The molecule has 0 amide bonds. The van der Waals surface area contributed by atoms with Crippen LogP contribution in [0.4, 0.5) is 0 Å². The predicted molar refractivity (Wildman–Crippen MR) is 142 cm³/mol. The molecule has 184 valence electrons. The van der Waals surface area contributed by atoms with Gasteiger partial charge in [0.2, 0.25) is 0 Å². The van der Waals surface area contributed by atoms with Gasteiger partial charge in [-0.05, 0) is 58.0 Å². The molecule has 4 rings (SSSR count). The number of hydrogen-bond acceptors (Lipinski definition) is 4. The van der Waals surface area contributed by atoms with Crippen molar-refractivity contribution in [3.63, 3.8) is 0 Å². The van der Waals surface area contributed by atoms with Crippen molar-refractivity contribution >= 4 is 31.9 Å². The molecule has 1 N–H and O–H groups in total. The number of nitrogens with zero attached hydrogens (tertiary/aromatic N) is 1. The van der Waals surface area contributed by atoms with Crippen molar-refractivity contribution in [3.05, 3.63) is 95.7 Å². The van der Waals surface area contributed by atoms with E-state index >= 15 is 0 Å². The van der Waals surface area contributed by atoms with Crippen LogP contribution in [0.25, 0.3) is 10.9 Å². The summed E-state index contributed by atoms with van der Waals surface area (Å²) in [7, 11) is -3.90. The summed E-state index contributed by atoms with van der Waals surface area (Å²) in [5.41, 5.74) is 2.68. The highest BCUT2D eigenvalue weighted by molar-refractivity contribution is 7.90. The first-order valence-corrected chi connectivity index (χ1v) is 13.9. The molecule has 0 saturated heterocycles. The highest BCUT2D eigenvalue weighted by Gasteiger charge is 2.32. The van der Waals surface area contributed by atoms with Crippen LogP contribution < -0.4 is 9.46 Å². The zero-order valence-corrected chi connectivity index (χ0v) is 22.1. The van der Waals surface area contributed by atoms with Crippen molar-refractivity contribution in [1.29, 1.82) is 0 Å². The van der Waals surface area contributed by atoms with Crippen molar-refractivity contribution < 1.29 is 17.4 Å². The third kappa shape index (κ3) is 4.91. The van der Waals surface area contributed by atoms with Gasteiger partial charge in [0.15, 0.2) is 0 Å². The Morgan fingerprint density at radius 2 is 1.60 bits per heavy atom. The van der Waals surface area contributed by atoms with E-state index < -0.39 is 31.8 Å². The van der Waals surface area contributed by atoms with E-state index in [1.165, 1.54) is 3.97 Å². The van der Waals surface area contributed by atoms with Gasteiger partial charge in [-0.3, -0.25) is 0 Å². The van der Waals surface area contributed by atoms with Gasteiger partial charge in [-0.1, -0.05) is 54.1 Å². The lowest BCUT2D eigenvalue weighted by Gasteiger charge is -2.27. The van der Waals surface area contributed by atoms with Crippen molar-refractivity contribution in [2.45, 2.75) is 43.4 Å². The Balaban J connectivity index is 2.05. The van der Waals surface area contributed by atoms with Crippen LogP contribution in [0.5, 0.6) is 5.75 Å². The van der Waals surface area contributed by atoms with Crippen molar-refractivity contribution in [2.24, 2.45) is 0 Å². The Morgan fingerprint density at radius 3 is 2.26 bits per heavy atom. The fraction of sp³-hybridized carbons (Fsp3) is 0.259. The third-order valence-corrected chi connectivity index (χ3v) is 9.07. The first-order chi connectivity index (χ1) is 16.5. The highest BCUT2D eigenvalue weighted by Crippen LogP contribution is 2.37. The molecule has 0 unspecified atom stereocenters. The maximum atomic E-state index is 14.0. The van der Waals surface area contributed by atoms with E-state index in [0.29, 0.717) is 22.5 Å². The molecular weight excluding hydrogens is 480 g/mol. The zero-order valence-electron chi connectivity index (χ0n) is 20.5. The summed E-state index contributed by atoms with van der Waals surface area (Å²) in [6.45, 7) is 7.57. The molecule has 0 bridgehead atoms. The van der Waals surface area contributed by atoms with Crippen LogP contribution in [-0.2, 0) is 21.0 Å². The van der Waals surface area contributed by atoms with Crippen LogP contribution in [0.15, 0.2) is 83.8 Å². The van der Waals surface area contributed by atoms with Crippen LogP contribution in [0.1, 0.15) is 43.6 Å². The summed E-state index contributed by atoms with van der Waals surface area (Å²) < 4.78 is 51.0. The van der Waals surface area contributed by atoms with Gasteiger partial charge in [0.25, 0.3) is 10.0 Å². The zero-order chi connectivity index (χ0) is 25.4. The van der Waals surface area contributed by atoms with Crippen molar-refractivity contribution in [2.75, 3.05) is 7.11 Å². The Labute approximate surface area is 209 Å². The molecule has 4 aromatic rings. The molecular formula is C27H30N2O4S2. The molecule has 0 aliphatic rings. The first-order valence-electron chi connectivity index (χ1n) is 11.3. The largest absolute Gasteiger partial charge is 0.496 e. The topological polar surface area (TPSA) is 77.4 Å². The van der Waals surface area contributed by atoms with E-state index in [0.717, 1.165) is 10.9 Å². The predicted octanol–water partition coefficient (Wildman–Crippen LogP) is 5.34. The number of hydrogen-bond donors (Lipinski definition) is 1. The Hall–Kier alpha value is -2.94. The molecule has 6 nitrogen and oxygen atoms in total. The molecule has 35 heavy (non-hydrogen) atoms. The number of ether oxygens (including phenoxy) is 1. The van der Waals surface area contributed by atoms with Crippen LogP contribution in [0.2, 0.25) is 0 Å². The van der Waals surface area contributed by atoms with Crippen molar-refractivity contribution in [3.8, 4) is 5.75 Å². The van der Waals surface area contributed by atoms with E-state index in [-0.39, 0.29) is 4.90 Å². The fourth-order valence-electron chi connectivity index (χ4n) is 3.96. The van der Waals surface area contributed by atoms with Crippen LogP contribution in [0.3, 0.4) is 0 Å². The third-order valence-electron chi connectivity index (χ3n) is 5.75. The number of aryl methyl sites for hydroxylation is 1. The molecule has 0 aliphatic carbocycles. The van der Waals surface area contributed by atoms with Crippen molar-refractivity contribution in [1.82, 2.24) is 8.69 Å². The summed E-state index contributed by atoms with van der Waals surface area (Å²) in [5, 5.41) is 0.766. The maximum Gasteiger partial charge on any atom is 0.268 e. The van der Waals surface area contributed by atoms with Gasteiger partial charge in [0.1, 0.15) is 5.75 Å². The molecule has 0 aliphatic heterocycles. The maximum absolute atomic E-state index is 14.0. The molecule has 1 aromatic heterocycles. The van der Waals surface area contributed by atoms with Gasteiger partial charge >= 0.3 is 0 Å². The molecule has 2 atom stereocenters. The second-order valence-electron chi connectivity index (χ2n) is 9.39. The summed E-state index contributed by atoms with van der Waals surface area (Å²) >= 11 is 0. The van der Waals surface area contributed by atoms with Gasteiger partial charge in [-0.2, -0.15) is 0 Å². The average molecular weight is 511 g/mol. The molecule has 0 fully saturated rings. The number of nitrogens with one attached hydrogen (secondary N) is 1. The highest BCUT2D eigenvalue weighted by atomic mass is 32.2. The molecule has 8 heteroatoms. The molecule has 0 radical (unpaired) electrons. The van der Waals surface area contributed by atoms with Gasteiger partial charge in [-0.25, -0.2) is 21.3 Å². The molecule has 0 saturated carbocycles. The lowest BCUT2D eigenvalue weighted by molar-refractivity contribution is 0.406. The monoisotopic (exact) mass is 510 g/mol. The van der Waals surface area contributed by atoms with E-state index in [1.807, 2.05) is 70.2 Å². The number of benzene rings is 3. The van der Waals surface area contributed by atoms with E-state index in [1.54, 1.807) is 43.5 Å². The first kappa shape index (κ1) is 25.2. The smallest absolute Gasteiger partial charge is 0.268 e. The second-order valence-corrected chi connectivity index (χ2v) is 13.2. The Kier molecular flexibility index (Phi) is 6.90. The summed E-state index contributed by atoms with van der Waals surface area (Å²) in [5.74, 6) is 0.577. The fourth-order valence-corrected chi connectivity index (χ4v) is 6.35. The lowest BCUT2D eigenvalue weighted by atomic mass is 10.0. The van der Waals surface area contributed by atoms with Gasteiger partial charge in [0.05, 0.1) is 45.0 Å². The number of para-hydroxylation sites is 1. The number of fused-ring (bicyclic) bond motifs is 1. The Morgan fingerprint density at radius 1 is 0.943 bits per heavy atom. The minimum Gasteiger partial charge on any atom is -0.496 e. The number of aromatic nitrogens is 1. The summed E-state index contributed by atoms with van der Waals surface area (Å²) in [4.78, 5) is 0.175. The van der Waals surface area contributed by atoms with Gasteiger partial charge in [-0.15, -0.1) is 0 Å². The van der Waals surface area contributed by atoms with Crippen LogP contribution in [-0.4, -0.2) is 28.5 Å². The standard InChI is InChI=1S/C27H30N2O4S2/c1-19-15-16-25(33-5)22(17-19)26(28-34(30)27(2,3)4)24-18-20-11-9-10-14-23(20)29(24)35(31,32)21-12-7-6-8-13-21/h6-18,26,28H,1-5H3/t26-,34+/m1/s1. The molecule has 0 spiro atoms. The quantitative estimate of drug-likeness (QED) is 0.364. The van der Waals surface area contributed by atoms with E-state index in [9.17, 15) is 12.6 Å². The molecule has 1 heterocycles. The minimum absolute atomic E-state index is 0.175. The second kappa shape index (κ2) is 9.60. The normalized spacial score (nSPS) is 14.1. The van der Waals surface area contributed by atoms with Crippen LogP contribution in [0, 0.1) is 6.92 Å². The summed E-state index contributed by atoms with van der Waals surface area (Å²) in [6, 6.07) is 22.5. The molecule has 3 aromatic carbocycles. The Bertz CT molecular complexity index is 1490. The van der Waals surface area contributed by atoms with Crippen LogP contribution >= 0.6 is 0 Å². The average Bonchev–Trinajstić information content (AvgIpc) is 3.22. The summed E-state index contributed by atoms with van der Waals surface area (Å²) in [6.07, 6.45) is 0. The minimum atomic E-state index is -3.97.